The number of nitro groups is 1. The third kappa shape index (κ3) is 2.53. The monoisotopic (exact) mass is 287 g/mol. The van der Waals surface area contributed by atoms with Crippen molar-refractivity contribution in [3.8, 4) is 12.3 Å². The van der Waals surface area contributed by atoms with Gasteiger partial charge in [0.1, 0.15) is 0 Å². The highest BCUT2D eigenvalue weighted by Crippen LogP contribution is 2.24. The van der Waals surface area contributed by atoms with Gasteiger partial charge < -0.3 is 0 Å². The van der Waals surface area contributed by atoms with Crippen LogP contribution in [0.25, 0.3) is 0 Å². The van der Waals surface area contributed by atoms with Gasteiger partial charge in [0.25, 0.3) is 5.69 Å². The highest BCUT2D eigenvalue weighted by atomic mass is 32.2. The predicted octanol–water partition coefficient (Wildman–Crippen LogP) is 2.41. The van der Waals surface area contributed by atoms with Crippen molar-refractivity contribution in [2.45, 2.75) is 9.79 Å². The SMILES string of the molecule is C#Cc1ccc(S(=O)(=O)c2cccc([N+](=O)[O-])c2)cc1. The molecular formula is C14H9NO4S. The molecule has 0 N–H and O–H groups in total. The highest BCUT2D eigenvalue weighted by Gasteiger charge is 2.20. The van der Waals surface area contributed by atoms with Crippen molar-refractivity contribution >= 4 is 15.5 Å². The van der Waals surface area contributed by atoms with E-state index in [2.05, 4.69) is 5.92 Å². The van der Waals surface area contributed by atoms with Crippen LogP contribution in [-0.2, 0) is 9.84 Å². The molecule has 0 radical (unpaired) electrons. The van der Waals surface area contributed by atoms with Crippen LogP contribution >= 0.6 is 0 Å². The first-order valence-electron chi connectivity index (χ1n) is 5.51. The molecule has 20 heavy (non-hydrogen) atoms. The molecule has 0 atom stereocenters. The van der Waals surface area contributed by atoms with Gasteiger partial charge in [-0.3, -0.25) is 10.1 Å². The molecule has 0 aliphatic carbocycles. The van der Waals surface area contributed by atoms with Gasteiger partial charge in [0, 0.05) is 17.7 Å². The maximum absolute atomic E-state index is 12.3. The first-order chi connectivity index (χ1) is 9.45. The number of non-ortho nitro benzene ring substituents is 1. The summed E-state index contributed by atoms with van der Waals surface area (Å²) in [5.74, 6) is 2.39. The average molecular weight is 287 g/mol. The molecule has 2 aromatic carbocycles. The van der Waals surface area contributed by atoms with Crippen LogP contribution in [0.4, 0.5) is 5.69 Å². The standard InChI is InChI=1S/C14H9NO4S/c1-2-11-6-8-13(9-7-11)20(18,19)14-5-3-4-12(10-14)15(16)17/h1,3-10H. The Morgan fingerprint density at radius 2 is 1.70 bits per heavy atom. The second-order valence-corrected chi connectivity index (χ2v) is 5.88. The Morgan fingerprint density at radius 1 is 1.05 bits per heavy atom. The van der Waals surface area contributed by atoms with Crippen molar-refractivity contribution in [1.29, 1.82) is 0 Å². The number of nitrogens with zero attached hydrogens (tertiary/aromatic N) is 1. The van der Waals surface area contributed by atoms with Crippen LogP contribution in [0.2, 0.25) is 0 Å². The minimum absolute atomic E-state index is 0.0389. The van der Waals surface area contributed by atoms with E-state index < -0.39 is 14.8 Å². The van der Waals surface area contributed by atoms with Crippen LogP contribution in [0, 0.1) is 22.5 Å². The minimum atomic E-state index is -3.79. The molecule has 5 nitrogen and oxygen atoms in total. The largest absolute Gasteiger partial charge is 0.270 e. The Hall–Kier alpha value is -2.65. The van der Waals surface area contributed by atoms with E-state index in [0.29, 0.717) is 5.56 Å². The lowest BCUT2D eigenvalue weighted by Crippen LogP contribution is -2.02. The summed E-state index contributed by atoms with van der Waals surface area (Å²) in [7, 11) is -3.79. The van der Waals surface area contributed by atoms with Gasteiger partial charge in [-0.2, -0.15) is 0 Å². The number of hydrogen-bond donors (Lipinski definition) is 0. The van der Waals surface area contributed by atoms with E-state index in [1.807, 2.05) is 0 Å². The molecule has 0 unspecified atom stereocenters. The molecule has 0 fully saturated rings. The smallest absolute Gasteiger partial charge is 0.258 e. The van der Waals surface area contributed by atoms with Crippen molar-refractivity contribution < 1.29 is 13.3 Å². The number of nitro benzene ring substituents is 1. The molecule has 0 aliphatic rings. The van der Waals surface area contributed by atoms with E-state index >= 15 is 0 Å². The summed E-state index contributed by atoms with van der Waals surface area (Å²) < 4.78 is 24.7. The lowest BCUT2D eigenvalue weighted by atomic mass is 10.2. The number of hydrogen-bond acceptors (Lipinski definition) is 4. The highest BCUT2D eigenvalue weighted by molar-refractivity contribution is 7.91. The maximum atomic E-state index is 12.3. The maximum Gasteiger partial charge on any atom is 0.270 e. The Kier molecular flexibility index (Phi) is 3.55. The molecule has 0 saturated carbocycles. The zero-order valence-electron chi connectivity index (χ0n) is 10.2. The van der Waals surface area contributed by atoms with Gasteiger partial charge in [0.15, 0.2) is 0 Å². The minimum Gasteiger partial charge on any atom is -0.258 e. The average Bonchev–Trinajstić information content (AvgIpc) is 2.47. The van der Waals surface area contributed by atoms with E-state index in [0.717, 1.165) is 6.07 Å². The van der Waals surface area contributed by atoms with Crippen LogP contribution in [0.15, 0.2) is 58.3 Å². The third-order valence-corrected chi connectivity index (χ3v) is 4.44. The molecule has 2 rings (SSSR count). The van der Waals surface area contributed by atoms with Gasteiger partial charge in [0.2, 0.25) is 9.84 Å². The van der Waals surface area contributed by atoms with Crippen molar-refractivity contribution in [3.63, 3.8) is 0 Å². The first-order valence-corrected chi connectivity index (χ1v) is 6.99. The normalized spacial score (nSPS) is 10.8. The quantitative estimate of drug-likeness (QED) is 0.493. The molecule has 100 valence electrons. The van der Waals surface area contributed by atoms with Crippen molar-refractivity contribution in [3.05, 3.63) is 64.2 Å². The molecule has 6 heteroatoms. The van der Waals surface area contributed by atoms with Gasteiger partial charge in [-0.25, -0.2) is 8.42 Å². The summed E-state index contributed by atoms with van der Waals surface area (Å²) in [5, 5.41) is 10.7. The molecule has 0 heterocycles. The second kappa shape index (κ2) is 5.15. The topological polar surface area (TPSA) is 77.3 Å². The summed E-state index contributed by atoms with van der Waals surface area (Å²) in [6.07, 6.45) is 5.20. The number of rotatable bonds is 3. The summed E-state index contributed by atoms with van der Waals surface area (Å²) >= 11 is 0. The zero-order valence-corrected chi connectivity index (χ0v) is 11.0. The van der Waals surface area contributed by atoms with Crippen molar-refractivity contribution in [1.82, 2.24) is 0 Å². The van der Waals surface area contributed by atoms with Gasteiger partial charge in [-0.15, -0.1) is 6.42 Å². The van der Waals surface area contributed by atoms with Gasteiger partial charge in [0.05, 0.1) is 14.7 Å². The molecule has 0 aromatic heterocycles. The lowest BCUT2D eigenvalue weighted by Gasteiger charge is -2.04. The Bertz CT molecular complexity index is 802. The summed E-state index contributed by atoms with van der Waals surface area (Å²) in [6.45, 7) is 0. The van der Waals surface area contributed by atoms with Crippen LogP contribution < -0.4 is 0 Å². The van der Waals surface area contributed by atoms with Crippen LogP contribution in [0.1, 0.15) is 5.56 Å². The molecule has 2 aromatic rings. The lowest BCUT2D eigenvalue weighted by molar-refractivity contribution is -0.385. The molecule has 0 bridgehead atoms. The second-order valence-electron chi connectivity index (χ2n) is 3.93. The predicted molar refractivity (Wildman–Crippen MR) is 72.9 cm³/mol. The van der Waals surface area contributed by atoms with E-state index in [-0.39, 0.29) is 15.5 Å². The summed E-state index contributed by atoms with van der Waals surface area (Å²) in [6, 6.07) is 10.7. The number of sulfone groups is 1. The summed E-state index contributed by atoms with van der Waals surface area (Å²) in [5.41, 5.74) is 0.286. The van der Waals surface area contributed by atoms with E-state index in [4.69, 9.17) is 6.42 Å². The Morgan fingerprint density at radius 3 is 2.25 bits per heavy atom. The number of terminal acetylenes is 1. The van der Waals surface area contributed by atoms with Crippen LogP contribution in [-0.4, -0.2) is 13.3 Å². The van der Waals surface area contributed by atoms with Gasteiger partial charge in [-0.05, 0) is 30.3 Å². The molecule has 0 saturated heterocycles. The Labute approximate surface area is 115 Å². The van der Waals surface area contributed by atoms with E-state index in [1.165, 1.54) is 42.5 Å². The molecule has 0 amide bonds. The summed E-state index contributed by atoms with van der Waals surface area (Å²) in [4.78, 5) is 9.96. The van der Waals surface area contributed by atoms with Crippen LogP contribution in [0.5, 0.6) is 0 Å². The fraction of sp³-hybridized carbons (Fsp3) is 0. The van der Waals surface area contributed by atoms with Crippen LogP contribution in [0.3, 0.4) is 0 Å². The third-order valence-electron chi connectivity index (χ3n) is 2.67. The first kappa shape index (κ1) is 13.8. The number of benzene rings is 2. The van der Waals surface area contributed by atoms with Crippen molar-refractivity contribution in [2.24, 2.45) is 0 Å². The molecule has 0 aliphatic heterocycles. The molecular weight excluding hydrogens is 278 g/mol. The van der Waals surface area contributed by atoms with Gasteiger partial charge in [-0.1, -0.05) is 12.0 Å². The van der Waals surface area contributed by atoms with E-state index in [9.17, 15) is 18.5 Å². The fourth-order valence-corrected chi connectivity index (χ4v) is 2.93. The zero-order chi connectivity index (χ0) is 14.8. The molecule has 0 spiro atoms. The van der Waals surface area contributed by atoms with Crippen molar-refractivity contribution in [2.75, 3.05) is 0 Å². The fourth-order valence-electron chi connectivity index (χ4n) is 1.63. The van der Waals surface area contributed by atoms with Gasteiger partial charge >= 0.3 is 0 Å². The van der Waals surface area contributed by atoms with E-state index in [1.54, 1.807) is 0 Å². The Balaban J connectivity index is 2.52.